The molecule has 2 N–H and O–H groups in total. The number of halogens is 1. The van der Waals surface area contributed by atoms with Crippen molar-refractivity contribution in [2.24, 2.45) is 0 Å². The Hall–Kier alpha value is -5.45. The summed E-state index contributed by atoms with van der Waals surface area (Å²) in [5, 5.41) is 5.86. The minimum atomic E-state index is -0.640. The van der Waals surface area contributed by atoms with Gasteiger partial charge < -0.3 is 29.7 Å². The molecule has 0 saturated carbocycles. The molecule has 0 radical (unpaired) electrons. The van der Waals surface area contributed by atoms with Gasteiger partial charge in [0.2, 0.25) is 0 Å². The van der Waals surface area contributed by atoms with Crippen LogP contribution in [-0.2, 0) is 11.3 Å². The second-order valence-electron chi connectivity index (χ2n) is 11.0. The zero-order valence-corrected chi connectivity index (χ0v) is 24.7. The number of hydrogen-bond acceptors (Lipinski definition) is 7. The maximum Gasteiger partial charge on any atom is 0.258 e. The van der Waals surface area contributed by atoms with Gasteiger partial charge >= 0.3 is 0 Å². The molecule has 1 aromatic heterocycles. The zero-order valence-electron chi connectivity index (χ0n) is 24.7. The van der Waals surface area contributed by atoms with E-state index in [1.807, 2.05) is 6.07 Å². The predicted octanol–water partition coefficient (Wildman–Crippen LogP) is 3.92. The van der Waals surface area contributed by atoms with Gasteiger partial charge in [-0.25, -0.2) is 4.39 Å². The lowest BCUT2D eigenvalue weighted by Gasteiger charge is -2.22. The van der Waals surface area contributed by atoms with Crippen molar-refractivity contribution >= 4 is 17.7 Å². The van der Waals surface area contributed by atoms with Crippen LogP contribution < -0.4 is 24.8 Å². The molecule has 0 spiro atoms. The molecule has 10 nitrogen and oxygen atoms in total. The van der Waals surface area contributed by atoms with Crippen LogP contribution in [0.1, 0.15) is 31.8 Å². The van der Waals surface area contributed by atoms with Gasteiger partial charge in [-0.05, 0) is 66.6 Å². The van der Waals surface area contributed by atoms with E-state index in [4.69, 9.17) is 14.2 Å². The summed E-state index contributed by atoms with van der Waals surface area (Å²) in [7, 11) is 1.52. The summed E-state index contributed by atoms with van der Waals surface area (Å²) in [6.07, 6.45) is 2.45. The second kappa shape index (κ2) is 12.7. The number of benzene rings is 3. The molecule has 1 fully saturated rings. The van der Waals surface area contributed by atoms with E-state index in [2.05, 4.69) is 15.6 Å². The van der Waals surface area contributed by atoms with Crippen molar-refractivity contribution < 1.29 is 33.0 Å². The summed E-state index contributed by atoms with van der Waals surface area (Å²) in [5.41, 5.74) is 3.29. The minimum absolute atomic E-state index is 0.137. The topological polar surface area (TPSA) is 119 Å². The van der Waals surface area contributed by atoms with Gasteiger partial charge in [-0.1, -0.05) is 12.1 Å². The number of methoxy groups -OCH3 is 1. The molecule has 1 saturated heterocycles. The van der Waals surface area contributed by atoms with Gasteiger partial charge in [-0.15, -0.1) is 0 Å². The number of rotatable bonds is 2. The third-order valence-corrected chi connectivity index (χ3v) is 7.72. The largest absolute Gasteiger partial charge is 0.496 e. The summed E-state index contributed by atoms with van der Waals surface area (Å²) in [6, 6.07) is 17.6. The number of fused-ring (bicyclic) bond motifs is 7. The fraction of sp³-hybridized carbons (Fsp3) is 0.235. The number of carbonyl (C=O) groups is 3. The highest BCUT2D eigenvalue weighted by Gasteiger charge is 2.38. The average Bonchev–Trinajstić information content (AvgIpc) is 3.43. The molecular weight excluding hydrogens is 579 g/mol. The Balaban J connectivity index is 1.35. The molecule has 3 amide bonds. The molecule has 3 aliphatic rings. The fourth-order valence-corrected chi connectivity index (χ4v) is 5.49. The number of amides is 3. The number of carbonyl (C=O) groups excluding carboxylic acids is 3. The standard InChI is InChI=1S/C34H31FN4O6/c1-20-8-23(11-26(35)9-20)34(42)39-17-29-31(18-39)45-28-7-6-22(30(13-28)43-2)16-37-32(40)19-44-27-5-3-4-21(12-27)24-10-25(15-36-14-24)33(41)38-29/h3-15,29,31H,16-19H2,1-2H3,(H,37,40)(H,38,41)/t29-,31-/m0/s1. The Labute approximate surface area is 259 Å². The van der Waals surface area contributed by atoms with Gasteiger partial charge in [0.05, 0.1) is 25.3 Å². The Kier molecular flexibility index (Phi) is 8.33. The van der Waals surface area contributed by atoms with Gasteiger partial charge in [-0.3, -0.25) is 19.4 Å². The van der Waals surface area contributed by atoms with E-state index in [1.54, 1.807) is 66.6 Å². The van der Waals surface area contributed by atoms with Crippen molar-refractivity contribution in [1.82, 2.24) is 20.5 Å². The van der Waals surface area contributed by atoms with Gasteiger partial charge in [0.1, 0.15) is 29.2 Å². The number of ether oxygens (including phenoxy) is 3. The number of likely N-dealkylation sites (tertiary alicyclic amines) is 1. The van der Waals surface area contributed by atoms with Crippen LogP contribution in [0.25, 0.3) is 11.1 Å². The number of hydrogen-bond donors (Lipinski definition) is 2. The van der Waals surface area contributed by atoms with Crippen LogP contribution in [0.5, 0.6) is 17.2 Å². The monoisotopic (exact) mass is 610 g/mol. The SMILES string of the molecule is COc1cc2ccc1CNC(=O)COc1cccc(c1)-c1cncc(c1)C(=O)N[C@H]1CN(C(=O)c3cc(C)cc(F)c3)C[C@@H]1O2. The Morgan fingerprint density at radius 3 is 2.64 bits per heavy atom. The lowest BCUT2D eigenvalue weighted by atomic mass is 10.1. The molecule has 0 unspecified atom stereocenters. The summed E-state index contributed by atoms with van der Waals surface area (Å²) in [4.78, 5) is 45.4. The van der Waals surface area contributed by atoms with Crippen LogP contribution in [0.3, 0.4) is 0 Å². The van der Waals surface area contributed by atoms with Crippen LogP contribution >= 0.6 is 0 Å². The van der Waals surface area contributed by atoms with Crippen LogP contribution in [-0.4, -0.2) is 66.6 Å². The maximum atomic E-state index is 14.2. The molecule has 11 heteroatoms. The van der Waals surface area contributed by atoms with Crippen LogP contribution in [0, 0.1) is 12.7 Å². The fourth-order valence-electron chi connectivity index (χ4n) is 5.49. The smallest absolute Gasteiger partial charge is 0.258 e. The molecule has 0 aliphatic carbocycles. The van der Waals surface area contributed by atoms with Crippen LogP contribution in [0.4, 0.5) is 4.39 Å². The third-order valence-electron chi connectivity index (χ3n) is 7.72. The van der Waals surface area contributed by atoms with Gasteiger partial charge in [-0.2, -0.15) is 0 Å². The van der Waals surface area contributed by atoms with Gasteiger partial charge in [0, 0.05) is 48.2 Å². The van der Waals surface area contributed by atoms with E-state index in [0.29, 0.717) is 33.9 Å². The summed E-state index contributed by atoms with van der Waals surface area (Å²) in [5.74, 6) is -0.170. The molecular formula is C34H31FN4O6. The van der Waals surface area contributed by atoms with Crippen molar-refractivity contribution in [2.45, 2.75) is 25.6 Å². The summed E-state index contributed by atoms with van der Waals surface area (Å²) in [6.45, 7) is 2.00. The molecule has 3 aromatic carbocycles. The molecule has 7 rings (SSSR count). The highest BCUT2D eigenvalue weighted by atomic mass is 19.1. The van der Waals surface area contributed by atoms with Crippen molar-refractivity contribution in [1.29, 1.82) is 0 Å². The highest BCUT2D eigenvalue weighted by molar-refractivity contribution is 5.96. The quantitative estimate of drug-likeness (QED) is 0.353. The van der Waals surface area contributed by atoms with E-state index >= 15 is 0 Å². The Morgan fingerprint density at radius 1 is 0.978 bits per heavy atom. The number of aryl methyl sites for hydroxylation is 1. The molecule has 4 aromatic rings. The predicted molar refractivity (Wildman–Crippen MR) is 163 cm³/mol. The van der Waals surface area contributed by atoms with Crippen molar-refractivity contribution in [3.8, 4) is 28.4 Å². The first-order chi connectivity index (χ1) is 21.7. The molecule has 45 heavy (non-hydrogen) atoms. The molecule has 6 bridgehead atoms. The van der Waals surface area contributed by atoms with E-state index < -0.39 is 23.9 Å². The van der Waals surface area contributed by atoms with Gasteiger partial charge in [0.25, 0.3) is 17.7 Å². The zero-order chi connectivity index (χ0) is 31.5. The maximum absolute atomic E-state index is 14.2. The molecule has 3 aliphatic heterocycles. The minimum Gasteiger partial charge on any atom is -0.496 e. The molecule has 230 valence electrons. The number of aromatic nitrogens is 1. The Morgan fingerprint density at radius 2 is 1.82 bits per heavy atom. The lowest BCUT2D eigenvalue weighted by molar-refractivity contribution is -0.123. The first kappa shape index (κ1) is 29.6. The van der Waals surface area contributed by atoms with Crippen molar-refractivity contribution in [2.75, 3.05) is 26.8 Å². The number of nitrogens with one attached hydrogen (secondary N) is 2. The number of nitrogens with zero attached hydrogens (tertiary/aromatic N) is 2. The van der Waals surface area contributed by atoms with E-state index in [0.717, 1.165) is 11.1 Å². The van der Waals surface area contributed by atoms with Crippen LogP contribution in [0.2, 0.25) is 0 Å². The van der Waals surface area contributed by atoms with Crippen molar-refractivity contribution in [3.63, 3.8) is 0 Å². The van der Waals surface area contributed by atoms with E-state index in [1.165, 1.54) is 25.4 Å². The normalized spacial score (nSPS) is 18.2. The lowest BCUT2D eigenvalue weighted by Crippen LogP contribution is -2.45. The molecule has 4 heterocycles. The number of pyridine rings is 1. The van der Waals surface area contributed by atoms with Gasteiger partial charge in [0.15, 0.2) is 6.61 Å². The second-order valence-corrected chi connectivity index (χ2v) is 11.0. The first-order valence-electron chi connectivity index (χ1n) is 14.4. The highest BCUT2D eigenvalue weighted by Crippen LogP contribution is 2.29. The summed E-state index contributed by atoms with van der Waals surface area (Å²) < 4.78 is 31.8. The summed E-state index contributed by atoms with van der Waals surface area (Å²) >= 11 is 0. The molecule has 2 atom stereocenters. The first-order valence-corrected chi connectivity index (χ1v) is 14.4. The van der Waals surface area contributed by atoms with E-state index in [9.17, 15) is 18.8 Å². The van der Waals surface area contributed by atoms with E-state index in [-0.39, 0.29) is 43.6 Å². The van der Waals surface area contributed by atoms with Crippen LogP contribution in [0.15, 0.2) is 79.1 Å². The third kappa shape index (κ3) is 6.72. The Bertz CT molecular complexity index is 1760. The average molecular weight is 611 g/mol. The van der Waals surface area contributed by atoms with Crippen molar-refractivity contribution in [3.05, 3.63) is 107 Å².